The Kier molecular flexibility index (Phi) is 6.93. The van der Waals surface area contributed by atoms with Gasteiger partial charge in [0.05, 0.1) is 26.4 Å². The summed E-state index contributed by atoms with van der Waals surface area (Å²) in [6.45, 7) is 5.32. The summed E-state index contributed by atoms with van der Waals surface area (Å²) in [5.41, 5.74) is 3.20. The predicted molar refractivity (Wildman–Crippen MR) is 108 cm³/mol. The Morgan fingerprint density at radius 2 is 1.85 bits per heavy atom. The maximum atomic E-state index is 5.76. The van der Waals surface area contributed by atoms with Gasteiger partial charge in [-0.25, -0.2) is 4.99 Å². The van der Waals surface area contributed by atoms with Gasteiger partial charge in [-0.3, -0.25) is 0 Å². The fourth-order valence-electron chi connectivity index (χ4n) is 2.86. The molecule has 1 aliphatic heterocycles. The first-order chi connectivity index (χ1) is 13.3. The topological polar surface area (TPSA) is 64.1 Å². The Morgan fingerprint density at radius 3 is 2.63 bits per heavy atom. The standard InChI is InChI=1S/C21H27N3O3/c1-3-22-21(23-14-16-7-4-5-8-17(16)15-25-2)24-18-9-10-19-20(13-18)27-12-6-11-26-19/h4-5,7-10,13H,3,6,11-12,14-15H2,1-2H3,(H2,22,23,24). The van der Waals surface area contributed by atoms with Crippen molar-refractivity contribution in [1.29, 1.82) is 0 Å². The van der Waals surface area contributed by atoms with Gasteiger partial charge in [0, 0.05) is 31.8 Å². The number of rotatable bonds is 6. The SMILES string of the molecule is CCNC(=NCc1ccccc1COC)Nc1ccc2c(c1)OCCCO2. The van der Waals surface area contributed by atoms with Gasteiger partial charge in [0.15, 0.2) is 17.5 Å². The van der Waals surface area contributed by atoms with Gasteiger partial charge in [0.25, 0.3) is 0 Å². The molecular formula is C21H27N3O3. The summed E-state index contributed by atoms with van der Waals surface area (Å²) in [7, 11) is 1.70. The first-order valence-electron chi connectivity index (χ1n) is 9.31. The molecule has 0 aliphatic carbocycles. The third-order valence-corrected chi connectivity index (χ3v) is 4.18. The van der Waals surface area contributed by atoms with Crippen LogP contribution in [0.1, 0.15) is 24.5 Å². The molecule has 0 saturated carbocycles. The van der Waals surface area contributed by atoms with Gasteiger partial charge in [-0.2, -0.15) is 0 Å². The normalized spacial score (nSPS) is 13.8. The molecule has 6 nitrogen and oxygen atoms in total. The third kappa shape index (κ3) is 5.37. The van der Waals surface area contributed by atoms with E-state index in [0.717, 1.165) is 47.2 Å². The smallest absolute Gasteiger partial charge is 0.196 e. The Bertz CT molecular complexity index is 777. The molecule has 0 unspecified atom stereocenters. The van der Waals surface area contributed by atoms with Crippen molar-refractivity contribution in [2.45, 2.75) is 26.5 Å². The molecule has 3 rings (SSSR count). The van der Waals surface area contributed by atoms with Gasteiger partial charge in [0.2, 0.25) is 0 Å². The minimum Gasteiger partial charge on any atom is -0.490 e. The fraction of sp³-hybridized carbons (Fsp3) is 0.381. The van der Waals surface area contributed by atoms with E-state index in [4.69, 9.17) is 19.2 Å². The Labute approximate surface area is 160 Å². The lowest BCUT2D eigenvalue weighted by Gasteiger charge is -2.14. The van der Waals surface area contributed by atoms with E-state index in [0.29, 0.717) is 26.4 Å². The van der Waals surface area contributed by atoms with Crippen molar-refractivity contribution in [2.24, 2.45) is 4.99 Å². The largest absolute Gasteiger partial charge is 0.490 e. The van der Waals surface area contributed by atoms with Crippen molar-refractivity contribution in [3.63, 3.8) is 0 Å². The van der Waals surface area contributed by atoms with Crippen molar-refractivity contribution in [3.05, 3.63) is 53.6 Å². The summed E-state index contributed by atoms with van der Waals surface area (Å²) in [6.07, 6.45) is 0.891. The number of ether oxygens (including phenoxy) is 3. The van der Waals surface area contributed by atoms with Crippen LogP contribution in [-0.2, 0) is 17.9 Å². The van der Waals surface area contributed by atoms with Gasteiger partial charge in [-0.1, -0.05) is 24.3 Å². The molecule has 1 heterocycles. The van der Waals surface area contributed by atoms with Gasteiger partial charge in [-0.15, -0.1) is 0 Å². The summed E-state index contributed by atoms with van der Waals surface area (Å²) >= 11 is 0. The van der Waals surface area contributed by atoms with Gasteiger partial charge >= 0.3 is 0 Å². The van der Waals surface area contributed by atoms with E-state index in [9.17, 15) is 0 Å². The molecule has 2 aromatic carbocycles. The number of methoxy groups -OCH3 is 1. The molecule has 1 aliphatic rings. The number of hydrogen-bond acceptors (Lipinski definition) is 4. The van der Waals surface area contributed by atoms with Crippen molar-refractivity contribution >= 4 is 11.6 Å². The Morgan fingerprint density at radius 1 is 1.07 bits per heavy atom. The summed E-state index contributed by atoms with van der Waals surface area (Å²) in [4.78, 5) is 4.72. The van der Waals surface area contributed by atoms with E-state index in [2.05, 4.69) is 22.8 Å². The average molecular weight is 369 g/mol. The minimum atomic E-state index is 0.569. The maximum absolute atomic E-state index is 5.76. The molecule has 2 N–H and O–H groups in total. The van der Waals surface area contributed by atoms with Crippen LogP contribution in [-0.4, -0.2) is 32.8 Å². The van der Waals surface area contributed by atoms with Crippen LogP contribution in [0.2, 0.25) is 0 Å². The number of nitrogens with zero attached hydrogens (tertiary/aromatic N) is 1. The number of hydrogen-bond donors (Lipinski definition) is 2. The number of fused-ring (bicyclic) bond motifs is 1. The second kappa shape index (κ2) is 9.83. The second-order valence-electron chi connectivity index (χ2n) is 6.23. The summed E-state index contributed by atoms with van der Waals surface area (Å²) in [5, 5.41) is 6.63. The zero-order valence-corrected chi connectivity index (χ0v) is 16.0. The first kappa shape index (κ1) is 19.0. The Balaban J connectivity index is 1.74. The Hall–Kier alpha value is -2.73. The van der Waals surface area contributed by atoms with Crippen molar-refractivity contribution in [3.8, 4) is 11.5 Å². The molecule has 0 saturated heterocycles. The highest BCUT2D eigenvalue weighted by atomic mass is 16.5. The molecule has 0 atom stereocenters. The molecule has 0 spiro atoms. The van der Waals surface area contributed by atoms with Crippen LogP contribution >= 0.6 is 0 Å². The lowest BCUT2D eigenvalue weighted by Crippen LogP contribution is -2.30. The third-order valence-electron chi connectivity index (χ3n) is 4.18. The highest BCUT2D eigenvalue weighted by Gasteiger charge is 2.11. The molecule has 0 bridgehead atoms. The van der Waals surface area contributed by atoms with Crippen LogP contribution in [0.5, 0.6) is 11.5 Å². The highest BCUT2D eigenvalue weighted by molar-refractivity contribution is 5.93. The monoisotopic (exact) mass is 369 g/mol. The quantitative estimate of drug-likeness (QED) is 0.602. The van der Waals surface area contributed by atoms with E-state index >= 15 is 0 Å². The van der Waals surface area contributed by atoms with E-state index in [1.807, 2.05) is 37.3 Å². The van der Waals surface area contributed by atoms with Gasteiger partial charge in [-0.05, 0) is 30.2 Å². The second-order valence-corrected chi connectivity index (χ2v) is 6.23. The number of aliphatic imine (C=N–C) groups is 1. The molecule has 6 heteroatoms. The summed E-state index contributed by atoms with van der Waals surface area (Å²) < 4.78 is 16.7. The van der Waals surface area contributed by atoms with Crippen LogP contribution < -0.4 is 20.1 Å². The lowest BCUT2D eigenvalue weighted by atomic mass is 10.1. The number of benzene rings is 2. The molecular weight excluding hydrogens is 342 g/mol. The van der Waals surface area contributed by atoms with Crippen LogP contribution in [0.3, 0.4) is 0 Å². The zero-order chi connectivity index (χ0) is 18.9. The van der Waals surface area contributed by atoms with Crippen LogP contribution in [0.15, 0.2) is 47.5 Å². The van der Waals surface area contributed by atoms with E-state index in [-0.39, 0.29) is 0 Å². The molecule has 0 aromatic heterocycles. The lowest BCUT2D eigenvalue weighted by molar-refractivity contribution is 0.184. The molecule has 27 heavy (non-hydrogen) atoms. The number of anilines is 1. The average Bonchev–Trinajstić information content (AvgIpc) is 2.92. The van der Waals surface area contributed by atoms with Crippen molar-refractivity contribution in [1.82, 2.24) is 5.32 Å². The molecule has 0 amide bonds. The summed E-state index contributed by atoms with van der Waals surface area (Å²) in [6, 6.07) is 14.0. The van der Waals surface area contributed by atoms with E-state index < -0.39 is 0 Å². The van der Waals surface area contributed by atoms with Crippen LogP contribution in [0, 0.1) is 0 Å². The first-order valence-corrected chi connectivity index (χ1v) is 9.31. The van der Waals surface area contributed by atoms with E-state index in [1.165, 1.54) is 0 Å². The highest BCUT2D eigenvalue weighted by Crippen LogP contribution is 2.32. The number of guanidine groups is 1. The molecule has 144 valence electrons. The van der Waals surface area contributed by atoms with Crippen LogP contribution in [0.25, 0.3) is 0 Å². The minimum absolute atomic E-state index is 0.569. The van der Waals surface area contributed by atoms with Crippen LogP contribution in [0.4, 0.5) is 5.69 Å². The van der Waals surface area contributed by atoms with Crippen molar-refractivity contribution < 1.29 is 14.2 Å². The molecule has 0 radical (unpaired) electrons. The molecule has 2 aromatic rings. The zero-order valence-electron chi connectivity index (χ0n) is 16.0. The fourth-order valence-corrected chi connectivity index (χ4v) is 2.86. The van der Waals surface area contributed by atoms with Gasteiger partial charge < -0.3 is 24.8 Å². The predicted octanol–water partition coefficient (Wildman–Crippen LogP) is 3.57. The molecule has 0 fully saturated rings. The van der Waals surface area contributed by atoms with Gasteiger partial charge in [0.1, 0.15) is 0 Å². The summed E-state index contributed by atoms with van der Waals surface area (Å²) in [5.74, 6) is 2.27. The maximum Gasteiger partial charge on any atom is 0.196 e. The van der Waals surface area contributed by atoms with Crippen molar-refractivity contribution in [2.75, 3.05) is 32.2 Å². The number of nitrogens with one attached hydrogen (secondary N) is 2. The van der Waals surface area contributed by atoms with E-state index in [1.54, 1.807) is 7.11 Å².